The molecule has 4 aliphatic rings. The number of nitrogens with one attached hydrogen (secondary N) is 1. The van der Waals surface area contributed by atoms with Crippen LogP contribution >= 0.6 is 11.6 Å². The minimum Gasteiger partial charge on any atom is -0.356 e. The van der Waals surface area contributed by atoms with Crippen LogP contribution in [-0.4, -0.2) is 0 Å². The third kappa shape index (κ3) is 11.1. The van der Waals surface area contributed by atoms with E-state index in [-0.39, 0.29) is 70.5 Å². The maximum atomic E-state index is 9.22. The number of anilines is 5. The van der Waals surface area contributed by atoms with Gasteiger partial charge in [0.2, 0.25) is 0 Å². The standard InChI is InChI=1S/C52H39N.C31H23N.C21H17Cl/c1-51(2)47-27-14-12-24-44(47)46-26-16-25-42(50(46)51)36-29-31-40(32-30-36)53(39-21-10-5-11-22-39)41-33-34-45-43-23-13-15-28-48(43)52(49(45)35-41,37-17-6-3-7-18-37)38-19-8-4-9-20-38;1-4-12-23(13-5-1)31(24-14-6-2-7-15-24)29-19-11-10-18-27(29)28-21-20-26(22-30(28)31)32-25-16-8-3-9-17-25;1-21(2)19-9-4-3-6-17(19)18-8-5-7-16(20(18)21)14-10-12-15(22)13-11-14/h3-35H,1-2H3;1-22,32H;3-13H,1-2H3/i5D,10D,11D,21D,22D;3D,8D,9D,16D,17D;. The SMILES string of the molecule is CC1(C)c2ccccc2-c2cccc(-c3ccc(Cl)cc3)c21.[2H]c1c([2H])c([2H])c(N(c2ccc(-c3cccc4c3C(C)(C)c3ccccc3-4)cc2)c2ccc3c(c2)C(c2ccccc2)(c2ccccc2)c2ccccc2-3)c([2H])c1[2H].[2H]c1c([2H])c([2H])c(Nc2ccc3c(c2)C(c2ccccc2)(c2ccccc2)c2ccccc2-3)c([2H])c1[2H]. The van der Waals surface area contributed by atoms with Crippen LogP contribution in [0.2, 0.25) is 5.02 Å². The van der Waals surface area contributed by atoms with E-state index in [1.54, 1.807) is 0 Å². The van der Waals surface area contributed by atoms with E-state index in [2.05, 4.69) is 306 Å². The van der Waals surface area contributed by atoms with Gasteiger partial charge < -0.3 is 10.2 Å². The van der Waals surface area contributed by atoms with Gasteiger partial charge in [0.1, 0.15) is 0 Å². The van der Waals surface area contributed by atoms with Crippen molar-refractivity contribution in [2.75, 3.05) is 10.2 Å². The van der Waals surface area contributed by atoms with Crippen LogP contribution in [0.25, 0.3) is 66.8 Å². The predicted molar refractivity (Wildman–Crippen MR) is 449 cm³/mol. The molecule has 0 atom stereocenters. The number of hydrogen-bond acceptors (Lipinski definition) is 2. The van der Waals surface area contributed by atoms with E-state index in [1.807, 2.05) is 71.6 Å². The molecule has 107 heavy (non-hydrogen) atoms. The Morgan fingerprint density at radius 3 is 1.05 bits per heavy atom. The summed E-state index contributed by atoms with van der Waals surface area (Å²) in [6.45, 7) is 9.20. The minimum absolute atomic E-state index is 0.0160. The van der Waals surface area contributed by atoms with Gasteiger partial charge in [-0.1, -0.05) is 367 Å². The Morgan fingerprint density at radius 1 is 0.262 bits per heavy atom. The van der Waals surface area contributed by atoms with E-state index >= 15 is 0 Å². The molecule has 16 aromatic rings. The average Bonchev–Trinajstić information content (AvgIpc) is 1.57. The van der Waals surface area contributed by atoms with Crippen LogP contribution < -0.4 is 10.2 Å². The topological polar surface area (TPSA) is 15.3 Å². The molecule has 0 aliphatic heterocycles. The summed E-state index contributed by atoms with van der Waals surface area (Å²) in [6.07, 6.45) is 0. The fourth-order valence-corrected chi connectivity index (χ4v) is 18.0. The molecule has 0 fully saturated rings. The fourth-order valence-electron chi connectivity index (χ4n) is 17.9. The van der Waals surface area contributed by atoms with Crippen molar-refractivity contribution in [2.45, 2.75) is 49.4 Å². The summed E-state index contributed by atoms with van der Waals surface area (Å²) in [7, 11) is 0. The van der Waals surface area contributed by atoms with Gasteiger partial charge in [-0.3, -0.25) is 0 Å². The van der Waals surface area contributed by atoms with Crippen LogP contribution in [0.4, 0.5) is 28.4 Å². The summed E-state index contributed by atoms with van der Waals surface area (Å²) in [5.41, 5.74) is 29.5. The highest BCUT2D eigenvalue weighted by Crippen LogP contribution is 2.60. The molecule has 0 aromatic heterocycles. The Morgan fingerprint density at radius 2 is 0.598 bits per heavy atom. The first kappa shape index (κ1) is 55.9. The Labute approximate surface area is 648 Å². The molecule has 16 aromatic carbocycles. The molecule has 0 saturated carbocycles. The maximum absolute atomic E-state index is 9.22. The first-order chi connectivity index (χ1) is 56.7. The minimum atomic E-state index is -0.683. The molecule has 2 nitrogen and oxygen atoms in total. The van der Waals surface area contributed by atoms with Gasteiger partial charge in [0.05, 0.1) is 24.5 Å². The third-order valence-electron chi connectivity index (χ3n) is 22.4. The molecule has 4 aliphatic carbocycles. The molecule has 20 rings (SSSR count). The van der Waals surface area contributed by atoms with Crippen molar-refractivity contribution in [3.8, 4) is 66.8 Å². The normalized spacial score (nSPS) is 15.3. The molecule has 0 bridgehead atoms. The second-order valence-corrected chi connectivity index (χ2v) is 29.3. The summed E-state index contributed by atoms with van der Waals surface area (Å²) in [5.74, 6) is 0. The van der Waals surface area contributed by atoms with E-state index < -0.39 is 22.9 Å². The summed E-state index contributed by atoms with van der Waals surface area (Å²) < 4.78 is 85.1. The van der Waals surface area contributed by atoms with Crippen molar-refractivity contribution < 1.29 is 13.7 Å². The highest BCUT2D eigenvalue weighted by molar-refractivity contribution is 6.30. The highest BCUT2D eigenvalue weighted by atomic mass is 35.5. The van der Waals surface area contributed by atoms with Gasteiger partial charge in [0, 0.05) is 44.3 Å². The summed E-state index contributed by atoms with van der Waals surface area (Å²) in [6, 6.07) is 115. The Balaban J connectivity index is 0.000000136. The van der Waals surface area contributed by atoms with Crippen molar-refractivity contribution in [1.82, 2.24) is 0 Å². The van der Waals surface area contributed by atoms with Crippen LogP contribution in [-0.2, 0) is 21.7 Å². The van der Waals surface area contributed by atoms with E-state index in [0.717, 1.165) is 71.8 Å². The van der Waals surface area contributed by atoms with Crippen LogP contribution in [0.15, 0.2) is 400 Å². The molecule has 0 unspecified atom stereocenters. The van der Waals surface area contributed by atoms with Crippen molar-refractivity contribution in [3.63, 3.8) is 0 Å². The van der Waals surface area contributed by atoms with E-state index in [4.69, 9.17) is 22.6 Å². The van der Waals surface area contributed by atoms with E-state index in [1.165, 1.54) is 66.8 Å². The predicted octanol–water partition coefficient (Wildman–Crippen LogP) is 27.6. The number of benzene rings is 16. The van der Waals surface area contributed by atoms with Crippen molar-refractivity contribution >= 4 is 40.0 Å². The molecular formula is C104H79ClN2. The third-order valence-corrected chi connectivity index (χ3v) is 22.6. The van der Waals surface area contributed by atoms with Gasteiger partial charge in [-0.2, -0.15) is 0 Å². The second kappa shape index (κ2) is 27.1. The molecule has 0 amide bonds. The zero-order valence-corrected chi connectivity index (χ0v) is 60.4. The van der Waals surface area contributed by atoms with Gasteiger partial charge in [0.25, 0.3) is 0 Å². The lowest BCUT2D eigenvalue weighted by molar-refractivity contribution is 0.662. The van der Waals surface area contributed by atoms with Gasteiger partial charge in [0.15, 0.2) is 0 Å². The largest absolute Gasteiger partial charge is 0.356 e. The van der Waals surface area contributed by atoms with E-state index in [9.17, 15) is 2.74 Å². The van der Waals surface area contributed by atoms with Crippen LogP contribution in [0.5, 0.6) is 0 Å². The first-order valence-electron chi connectivity index (χ1n) is 41.4. The lowest BCUT2D eigenvalue weighted by atomic mass is 9.67. The second-order valence-electron chi connectivity index (χ2n) is 28.8. The van der Waals surface area contributed by atoms with Crippen LogP contribution in [0.1, 0.15) is 108 Å². The molecular weight excluding hydrogens is 1310 g/mol. The smallest absolute Gasteiger partial charge is 0.0714 e. The lowest BCUT2D eigenvalue weighted by Crippen LogP contribution is -2.28. The molecule has 1 N–H and O–H groups in total. The van der Waals surface area contributed by atoms with Gasteiger partial charge in [-0.25, -0.2) is 0 Å². The number of para-hydroxylation sites is 2. The van der Waals surface area contributed by atoms with Crippen LogP contribution in [0.3, 0.4) is 0 Å². The molecule has 0 heterocycles. The Bertz CT molecular complexity index is 6470. The molecule has 3 heteroatoms. The number of hydrogen-bond donors (Lipinski definition) is 1. The lowest BCUT2D eigenvalue weighted by Gasteiger charge is -2.35. The maximum Gasteiger partial charge on any atom is 0.0714 e. The number of rotatable bonds is 11. The monoisotopic (exact) mass is 1400 g/mol. The zero-order valence-electron chi connectivity index (χ0n) is 69.7. The number of fused-ring (bicyclic) bond motifs is 12. The molecule has 0 spiro atoms. The van der Waals surface area contributed by atoms with Gasteiger partial charge in [-0.15, -0.1) is 0 Å². The molecule has 512 valence electrons. The molecule has 0 saturated heterocycles. The van der Waals surface area contributed by atoms with Crippen molar-refractivity contribution in [2.24, 2.45) is 0 Å². The quantitative estimate of drug-likeness (QED) is 0.139. The zero-order chi connectivity index (χ0) is 81.0. The van der Waals surface area contributed by atoms with Crippen molar-refractivity contribution in [3.05, 3.63) is 472 Å². The highest BCUT2D eigenvalue weighted by Gasteiger charge is 2.48. The average molecular weight is 1400 g/mol. The van der Waals surface area contributed by atoms with Crippen molar-refractivity contribution in [1.29, 1.82) is 0 Å². The van der Waals surface area contributed by atoms with Gasteiger partial charge in [-0.05, 0) is 206 Å². The number of halogens is 1. The first-order valence-corrected chi connectivity index (χ1v) is 36.8. The summed E-state index contributed by atoms with van der Waals surface area (Å²) in [5, 5.41) is 3.92. The summed E-state index contributed by atoms with van der Waals surface area (Å²) in [4.78, 5) is 1.84. The molecule has 0 radical (unpaired) electrons. The van der Waals surface area contributed by atoms with E-state index in [0.29, 0.717) is 17.1 Å². The van der Waals surface area contributed by atoms with Crippen LogP contribution in [0, 0.1) is 0 Å². The Hall–Kier alpha value is -12.6. The summed E-state index contributed by atoms with van der Waals surface area (Å²) >= 11 is 6.05. The fraction of sp³-hybridized carbons (Fsp3) is 0.0769. The number of nitrogens with zero attached hydrogens (tertiary/aromatic N) is 1. The van der Waals surface area contributed by atoms with Gasteiger partial charge >= 0.3 is 0 Å². The Kier molecular flexibility index (Phi) is 14.2.